The van der Waals surface area contributed by atoms with Crippen molar-refractivity contribution in [1.29, 1.82) is 0 Å². The van der Waals surface area contributed by atoms with Crippen LogP contribution >= 0.6 is 0 Å². The topological polar surface area (TPSA) is 17.1 Å². The first-order valence-corrected chi connectivity index (χ1v) is 7.00. The summed E-state index contributed by atoms with van der Waals surface area (Å²) in [6, 6.07) is 14.3. The van der Waals surface area contributed by atoms with Crippen molar-refractivity contribution in [3.05, 3.63) is 76.4 Å². The number of hydrogen-bond acceptors (Lipinski definition) is 1. The standard InChI is InChI=1S/C19H18O/c1-12-4-7-15(8-5-12)17-11-14(3)16-9-6-13(2)10-18(16)19(17)20/h4-11,14H,1-3H3. The molecule has 0 aromatic heterocycles. The molecule has 2 aromatic carbocycles. The summed E-state index contributed by atoms with van der Waals surface area (Å²) in [6.07, 6.45) is 2.09. The zero-order chi connectivity index (χ0) is 14.3. The van der Waals surface area contributed by atoms with Gasteiger partial charge in [0.1, 0.15) is 0 Å². The molecule has 20 heavy (non-hydrogen) atoms. The van der Waals surface area contributed by atoms with E-state index < -0.39 is 0 Å². The van der Waals surface area contributed by atoms with Gasteiger partial charge in [0.05, 0.1) is 0 Å². The Balaban J connectivity index is 2.11. The summed E-state index contributed by atoms with van der Waals surface area (Å²) in [7, 11) is 0. The predicted molar refractivity (Wildman–Crippen MR) is 83.1 cm³/mol. The second-order valence-corrected chi connectivity index (χ2v) is 5.65. The van der Waals surface area contributed by atoms with E-state index in [2.05, 4.69) is 44.2 Å². The minimum Gasteiger partial charge on any atom is -0.289 e. The molecule has 0 radical (unpaired) electrons. The van der Waals surface area contributed by atoms with E-state index in [1.807, 2.05) is 25.1 Å². The SMILES string of the molecule is Cc1ccc(C2=CC(C)c3ccc(C)cc3C2=O)cc1. The second-order valence-electron chi connectivity index (χ2n) is 5.65. The Bertz CT molecular complexity index is 705. The van der Waals surface area contributed by atoms with Crippen LogP contribution < -0.4 is 0 Å². The fourth-order valence-electron chi connectivity index (χ4n) is 2.78. The number of Topliss-reactive ketones (excluding diaryl/α,β-unsaturated/α-hetero) is 1. The van der Waals surface area contributed by atoms with E-state index in [0.717, 1.165) is 27.8 Å². The fraction of sp³-hybridized carbons (Fsp3) is 0.211. The molecule has 3 rings (SSSR count). The van der Waals surface area contributed by atoms with Gasteiger partial charge in [0.25, 0.3) is 0 Å². The Labute approximate surface area is 120 Å². The van der Waals surface area contributed by atoms with Crippen molar-refractivity contribution in [1.82, 2.24) is 0 Å². The lowest BCUT2D eigenvalue weighted by molar-refractivity contribution is 0.105. The molecule has 1 nitrogen and oxygen atoms in total. The summed E-state index contributed by atoms with van der Waals surface area (Å²) in [6.45, 7) is 6.24. The number of aryl methyl sites for hydroxylation is 2. The third-order valence-electron chi connectivity index (χ3n) is 3.97. The second kappa shape index (κ2) is 4.75. The number of fused-ring (bicyclic) bond motifs is 1. The lowest BCUT2D eigenvalue weighted by atomic mass is 9.81. The van der Waals surface area contributed by atoms with E-state index >= 15 is 0 Å². The Morgan fingerprint density at radius 3 is 2.25 bits per heavy atom. The quantitative estimate of drug-likeness (QED) is 0.729. The summed E-state index contributed by atoms with van der Waals surface area (Å²) in [5.74, 6) is 0.422. The highest BCUT2D eigenvalue weighted by Crippen LogP contribution is 2.34. The van der Waals surface area contributed by atoms with Crippen LogP contribution in [-0.2, 0) is 0 Å². The normalized spacial score (nSPS) is 17.6. The van der Waals surface area contributed by atoms with Crippen molar-refractivity contribution in [3.8, 4) is 0 Å². The van der Waals surface area contributed by atoms with Gasteiger partial charge >= 0.3 is 0 Å². The molecular formula is C19H18O. The van der Waals surface area contributed by atoms with Gasteiger partial charge in [-0.1, -0.05) is 60.5 Å². The molecule has 0 N–H and O–H groups in total. The molecule has 0 aliphatic heterocycles. The monoisotopic (exact) mass is 262 g/mol. The van der Waals surface area contributed by atoms with Crippen LogP contribution in [0.25, 0.3) is 5.57 Å². The Hall–Kier alpha value is -2.15. The number of rotatable bonds is 1. The molecule has 1 heteroatoms. The molecule has 100 valence electrons. The molecule has 0 saturated heterocycles. The smallest absolute Gasteiger partial charge is 0.193 e. The van der Waals surface area contributed by atoms with E-state index in [1.54, 1.807) is 0 Å². The zero-order valence-corrected chi connectivity index (χ0v) is 12.1. The van der Waals surface area contributed by atoms with Gasteiger partial charge in [-0.2, -0.15) is 0 Å². The van der Waals surface area contributed by atoms with Crippen LogP contribution in [-0.4, -0.2) is 5.78 Å². The largest absolute Gasteiger partial charge is 0.289 e. The summed E-state index contributed by atoms with van der Waals surface area (Å²) in [5.41, 5.74) is 6.18. The van der Waals surface area contributed by atoms with Crippen molar-refractivity contribution in [2.75, 3.05) is 0 Å². The molecular weight excluding hydrogens is 244 g/mol. The van der Waals surface area contributed by atoms with E-state index in [1.165, 1.54) is 5.56 Å². The van der Waals surface area contributed by atoms with E-state index in [0.29, 0.717) is 0 Å². The van der Waals surface area contributed by atoms with E-state index in [4.69, 9.17) is 0 Å². The predicted octanol–water partition coefficient (Wildman–Crippen LogP) is 4.69. The molecule has 0 fully saturated rings. The van der Waals surface area contributed by atoms with Crippen LogP contribution in [0.15, 0.2) is 48.5 Å². The maximum atomic E-state index is 12.7. The van der Waals surface area contributed by atoms with Crippen LogP contribution in [0.3, 0.4) is 0 Å². The summed E-state index contributed by atoms with van der Waals surface area (Å²) in [5, 5.41) is 0. The first-order chi connectivity index (χ1) is 9.56. The maximum absolute atomic E-state index is 12.7. The highest BCUT2D eigenvalue weighted by atomic mass is 16.1. The minimum atomic E-state index is 0.144. The maximum Gasteiger partial charge on any atom is 0.193 e. The Morgan fingerprint density at radius 1 is 0.900 bits per heavy atom. The summed E-state index contributed by atoms with van der Waals surface area (Å²) in [4.78, 5) is 12.7. The van der Waals surface area contributed by atoms with Gasteiger partial charge in [-0.15, -0.1) is 0 Å². The molecule has 1 aliphatic rings. The van der Waals surface area contributed by atoms with Crippen molar-refractivity contribution in [2.45, 2.75) is 26.7 Å². The van der Waals surface area contributed by atoms with Crippen molar-refractivity contribution in [3.63, 3.8) is 0 Å². The van der Waals surface area contributed by atoms with Gasteiger partial charge < -0.3 is 0 Å². The van der Waals surface area contributed by atoms with Crippen molar-refractivity contribution in [2.24, 2.45) is 0 Å². The van der Waals surface area contributed by atoms with Crippen LogP contribution in [0.1, 0.15) is 45.5 Å². The molecule has 0 spiro atoms. The molecule has 2 aromatic rings. The van der Waals surface area contributed by atoms with Gasteiger partial charge in [-0.3, -0.25) is 4.79 Å². The van der Waals surface area contributed by atoms with E-state index in [-0.39, 0.29) is 11.7 Å². The average molecular weight is 262 g/mol. The van der Waals surface area contributed by atoms with Crippen molar-refractivity contribution >= 4 is 11.4 Å². The van der Waals surface area contributed by atoms with Gasteiger partial charge in [-0.05, 0) is 31.0 Å². The first-order valence-electron chi connectivity index (χ1n) is 7.00. The minimum absolute atomic E-state index is 0.144. The van der Waals surface area contributed by atoms with Crippen LogP contribution in [0.2, 0.25) is 0 Å². The number of carbonyl (C=O) groups excluding carboxylic acids is 1. The highest BCUT2D eigenvalue weighted by molar-refractivity contribution is 6.30. The van der Waals surface area contributed by atoms with Crippen LogP contribution in [0, 0.1) is 13.8 Å². The third-order valence-corrected chi connectivity index (χ3v) is 3.97. The number of benzene rings is 2. The first kappa shape index (κ1) is 12.9. The molecule has 0 saturated carbocycles. The molecule has 0 bridgehead atoms. The van der Waals surface area contributed by atoms with Gasteiger partial charge in [-0.25, -0.2) is 0 Å². The molecule has 1 aliphatic carbocycles. The molecule has 0 amide bonds. The third kappa shape index (κ3) is 2.09. The number of ketones is 1. The summed E-state index contributed by atoms with van der Waals surface area (Å²) < 4.78 is 0. The van der Waals surface area contributed by atoms with Crippen LogP contribution in [0.5, 0.6) is 0 Å². The van der Waals surface area contributed by atoms with E-state index in [9.17, 15) is 4.79 Å². The number of hydrogen-bond donors (Lipinski definition) is 0. The lowest BCUT2D eigenvalue weighted by Gasteiger charge is -2.21. The molecule has 1 unspecified atom stereocenters. The van der Waals surface area contributed by atoms with Gasteiger partial charge in [0, 0.05) is 17.1 Å². The van der Waals surface area contributed by atoms with Gasteiger partial charge in [0.2, 0.25) is 0 Å². The lowest BCUT2D eigenvalue weighted by Crippen LogP contribution is -2.14. The average Bonchev–Trinajstić information content (AvgIpc) is 2.44. The highest BCUT2D eigenvalue weighted by Gasteiger charge is 2.25. The molecule has 1 atom stereocenters. The summed E-state index contributed by atoms with van der Waals surface area (Å²) >= 11 is 0. The van der Waals surface area contributed by atoms with Crippen molar-refractivity contribution < 1.29 is 4.79 Å². The zero-order valence-electron chi connectivity index (χ0n) is 12.1. The Morgan fingerprint density at radius 2 is 1.55 bits per heavy atom. The van der Waals surface area contributed by atoms with Crippen LogP contribution in [0.4, 0.5) is 0 Å². The fourth-order valence-corrected chi connectivity index (χ4v) is 2.78. The number of allylic oxidation sites excluding steroid dienone is 2. The number of carbonyl (C=O) groups is 1. The molecule has 0 heterocycles. The Kier molecular flexibility index (Phi) is 3.06. The van der Waals surface area contributed by atoms with Gasteiger partial charge in [0.15, 0.2) is 5.78 Å².